The fraction of sp³-hybridized carbons (Fsp3) is 0.200. The third-order valence-electron chi connectivity index (χ3n) is 3.05. The van der Waals surface area contributed by atoms with Crippen LogP contribution in [0, 0.1) is 5.82 Å². The van der Waals surface area contributed by atoms with Crippen molar-refractivity contribution in [3.05, 3.63) is 69.4 Å². The highest BCUT2D eigenvalue weighted by molar-refractivity contribution is 9.10. The molecule has 1 unspecified atom stereocenters. The molecule has 0 aliphatic heterocycles. The van der Waals surface area contributed by atoms with E-state index in [9.17, 15) is 22.7 Å². The third kappa shape index (κ3) is 3.83. The van der Waals surface area contributed by atoms with Gasteiger partial charge in [0.15, 0.2) is 0 Å². The van der Waals surface area contributed by atoms with Crippen LogP contribution in [0.2, 0.25) is 0 Å². The maximum atomic E-state index is 13.8. The van der Waals surface area contributed by atoms with Crippen LogP contribution in [-0.4, -0.2) is 5.11 Å². The molecule has 2 aromatic carbocycles. The number of halogens is 5. The topological polar surface area (TPSA) is 20.2 Å². The Bertz CT molecular complexity index is 623. The van der Waals surface area contributed by atoms with Gasteiger partial charge in [-0.15, -0.1) is 0 Å². The number of alkyl halides is 3. The number of rotatable bonds is 3. The molecule has 0 aliphatic carbocycles. The molecule has 0 aromatic heterocycles. The van der Waals surface area contributed by atoms with Crippen LogP contribution in [0.3, 0.4) is 0 Å². The minimum atomic E-state index is -4.40. The first-order valence-corrected chi connectivity index (χ1v) is 6.86. The van der Waals surface area contributed by atoms with Crippen molar-refractivity contribution in [2.75, 3.05) is 0 Å². The van der Waals surface area contributed by atoms with Crippen LogP contribution in [0.15, 0.2) is 46.9 Å². The van der Waals surface area contributed by atoms with E-state index in [1.807, 2.05) is 0 Å². The molecule has 6 heteroatoms. The lowest BCUT2D eigenvalue weighted by Crippen LogP contribution is -2.07. The van der Waals surface area contributed by atoms with Crippen molar-refractivity contribution >= 4 is 15.9 Å². The van der Waals surface area contributed by atoms with E-state index in [0.717, 1.165) is 12.1 Å². The van der Waals surface area contributed by atoms with Crippen LogP contribution < -0.4 is 0 Å². The van der Waals surface area contributed by atoms with Crippen LogP contribution in [0.1, 0.15) is 22.8 Å². The SMILES string of the molecule is OC(Cc1ccc(C(F)(F)F)cc1)c1cccc(Br)c1F. The van der Waals surface area contributed by atoms with Gasteiger partial charge in [-0.3, -0.25) is 0 Å². The summed E-state index contributed by atoms with van der Waals surface area (Å²) in [5, 5.41) is 10.0. The fourth-order valence-corrected chi connectivity index (χ4v) is 2.32. The third-order valence-corrected chi connectivity index (χ3v) is 3.66. The number of aliphatic hydroxyl groups excluding tert-OH is 1. The van der Waals surface area contributed by atoms with Crippen molar-refractivity contribution in [1.82, 2.24) is 0 Å². The van der Waals surface area contributed by atoms with Crippen LogP contribution >= 0.6 is 15.9 Å². The summed E-state index contributed by atoms with van der Waals surface area (Å²) in [6, 6.07) is 8.97. The van der Waals surface area contributed by atoms with Gasteiger partial charge < -0.3 is 5.11 Å². The van der Waals surface area contributed by atoms with Gasteiger partial charge in [-0.25, -0.2) is 4.39 Å². The van der Waals surface area contributed by atoms with Crippen molar-refractivity contribution in [3.63, 3.8) is 0 Å². The monoisotopic (exact) mass is 362 g/mol. The Labute approximate surface area is 127 Å². The maximum absolute atomic E-state index is 13.8. The first kappa shape index (κ1) is 16.0. The number of hydrogen-bond acceptors (Lipinski definition) is 1. The largest absolute Gasteiger partial charge is 0.416 e. The highest BCUT2D eigenvalue weighted by atomic mass is 79.9. The zero-order chi connectivity index (χ0) is 15.6. The average Bonchev–Trinajstić information content (AvgIpc) is 2.41. The van der Waals surface area contributed by atoms with E-state index in [0.29, 0.717) is 5.56 Å². The quantitative estimate of drug-likeness (QED) is 0.771. The molecule has 0 heterocycles. The van der Waals surface area contributed by atoms with Gasteiger partial charge in [0.05, 0.1) is 16.1 Å². The van der Waals surface area contributed by atoms with Gasteiger partial charge in [0, 0.05) is 12.0 Å². The molecular formula is C15H11BrF4O. The van der Waals surface area contributed by atoms with Gasteiger partial charge >= 0.3 is 6.18 Å². The second-order valence-corrected chi connectivity index (χ2v) is 5.41. The minimum Gasteiger partial charge on any atom is -0.388 e. The van der Waals surface area contributed by atoms with E-state index >= 15 is 0 Å². The highest BCUT2D eigenvalue weighted by Crippen LogP contribution is 2.30. The Balaban J connectivity index is 2.16. The van der Waals surface area contributed by atoms with Crippen LogP contribution in [0.5, 0.6) is 0 Å². The summed E-state index contributed by atoms with van der Waals surface area (Å²) in [6.07, 6.45) is -5.49. The second kappa shape index (κ2) is 6.15. The second-order valence-electron chi connectivity index (χ2n) is 4.56. The van der Waals surface area contributed by atoms with E-state index in [4.69, 9.17) is 0 Å². The Morgan fingerprint density at radius 3 is 2.24 bits per heavy atom. The van der Waals surface area contributed by atoms with E-state index in [-0.39, 0.29) is 16.5 Å². The molecule has 2 rings (SSSR count). The van der Waals surface area contributed by atoms with E-state index in [1.54, 1.807) is 6.07 Å². The molecular weight excluding hydrogens is 352 g/mol. The van der Waals surface area contributed by atoms with Gasteiger partial charge in [-0.2, -0.15) is 13.2 Å². The summed E-state index contributed by atoms with van der Waals surface area (Å²) < 4.78 is 51.4. The molecule has 0 spiro atoms. The molecule has 1 N–H and O–H groups in total. The number of hydrogen-bond donors (Lipinski definition) is 1. The van der Waals surface area contributed by atoms with E-state index < -0.39 is 23.7 Å². The van der Waals surface area contributed by atoms with Crippen LogP contribution in [0.25, 0.3) is 0 Å². The van der Waals surface area contributed by atoms with Crippen molar-refractivity contribution < 1.29 is 22.7 Å². The smallest absolute Gasteiger partial charge is 0.388 e. The van der Waals surface area contributed by atoms with Crippen molar-refractivity contribution in [3.8, 4) is 0 Å². The molecule has 0 fully saturated rings. The van der Waals surface area contributed by atoms with E-state index in [2.05, 4.69) is 15.9 Å². The van der Waals surface area contributed by atoms with Crippen molar-refractivity contribution in [2.45, 2.75) is 18.7 Å². The highest BCUT2D eigenvalue weighted by Gasteiger charge is 2.30. The lowest BCUT2D eigenvalue weighted by Gasteiger charge is -2.13. The zero-order valence-electron chi connectivity index (χ0n) is 10.7. The predicted octanol–water partition coefficient (Wildman–Crippen LogP) is 4.88. The summed E-state index contributed by atoms with van der Waals surface area (Å²) >= 11 is 3.02. The standard InChI is InChI=1S/C15H11BrF4O/c16-12-3-1-2-11(14(12)17)13(21)8-9-4-6-10(7-5-9)15(18,19)20/h1-7,13,21H,8H2. The summed E-state index contributed by atoms with van der Waals surface area (Å²) in [4.78, 5) is 0. The Morgan fingerprint density at radius 2 is 1.67 bits per heavy atom. The predicted molar refractivity (Wildman–Crippen MR) is 74.2 cm³/mol. The molecule has 0 bridgehead atoms. The van der Waals surface area contributed by atoms with Gasteiger partial charge in [-0.05, 0) is 39.7 Å². The molecule has 0 amide bonds. The van der Waals surface area contributed by atoms with Gasteiger partial charge in [-0.1, -0.05) is 24.3 Å². The molecule has 21 heavy (non-hydrogen) atoms. The Kier molecular flexibility index (Phi) is 4.68. The van der Waals surface area contributed by atoms with Gasteiger partial charge in [0.2, 0.25) is 0 Å². The first-order chi connectivity index (χ1) is 9.79. The molecule has 0 saturated heterocycles. The Morgan fingerprint density at radius 1 is 1.05 bits per heavy atom. The first-order valence-electron chi connectivity index (χ1n) is 6.07. The average molecular weight is 363 g/mol. The molecule has 0 aliphatic rings. The van der Waals surface area contributed by atoms with Gasteiger partial charge in [0.25, 0.3) is 0 Å². The van der Waals surface area contributed by atoms with Crippen LogP contribution in [-0.2, 0) is 12.6 Å². The Hall–Kier alpha value is -1.40. The summed E-state index contributed by atoms with van der Waals surface area (Å²) in [7, 11) is 0. The minimum absolute atomic E-state index is 0.0332. The zero-order valence-corrected chi connectivity index (χ0v) is 12.2. The normalized spacial score (nSPS) is 13.2. The summed E-state index contributed by atoms with van der Waals surface area (Å²) in [6.45, 7) is 0. The molecule has 1 nitrogen and oxygen atoms in total. The number of benzene rings is 2. The van der Waals surface area contributed by atoms with E-state index in [1.165, 1.54) is 24.3 Å². The summed E-state index contributed by atoms with van der Waals surface area (Å²) in [5.74, 6) is -0.572. The van der Waals surface area contributed by atoms with Crippen molar-refractivity contribution in [2.24, 2.45) is 0 Å². The molecule has 0 radical (unpaired) electrons. The fourth-order valence-electron chi connectivity index (χ4n) is 1.94. The van der Waals surface area contributed by atoms with Crippen LogP contribution in [0.4, 0.5) is 17.6 Å². The lowest BCUT2D eigenvalue weighted by molar-refractivity contribution is -0.137. The molecule has 0 saturated carbocycles. The summed E-state index contributed by atoms with van der Waals surface area (Å²) in [5.41, 5.74) is -0.159. The molecule has 112 valence electrons. The lowest BCUT2D eigenvalue weighted by atomic mass is 10.00. The molecule has 2 aromatic rings. The van der Waals surface area contributed by atoms with Gasteiger partial charge in [0.1, 0.15) is 5.82 Å². The number of aliphatic hydroxyl groups is 1. The maximum Gasteiger partial charge on any atom is 0.416 e. The molecule has 1 atom stereocenters. The van der Waals surface area contributed by atoms with Crippen molar-refractivity contribution in [1.29, 1.82) is 0 Å².